The first-order valence-electron chi connectivity index (χ1n) is 13.4. The summed E-state index contributed by atoms with van der Waals surface area (Å²) in [5.41, 5.74) is 2.55. The van der Waals surface area contributed by atoms with E-state index in [9.17, 15) is 39.6 Å². The van der Waals surface area contributed by atoms with Gasteiger partial charge in [0.15, 0.2) is 11.4 Å². The highest BCUT2D eigenvalue weighted by molar-refractivity contribution is 6.24. The fourth-order valence-electron chi connectivity index (χ4n) is 6.51. The molecular weight excluding hydrogens is 534 g/mol. The van der Waals surface area contributed by atoms with Gasteiger partial charge in [-0.3, -0.25) is 24.1 Å². The Kier molecular flexibility index (Phi) is 6.87. The van der Waals surface area contributed by atoms with E-state index in [2.05, 4.69) is 10.6 Å². The van der Waals surface area contributed by atoms with Gasteiger partial charge >= 0.3 is 0 Å². The molecule has 220 valence electrons. The van der Waals surface area contributed by atoms with Crippen LogP contribution < -0.4 is 21.3 Å². The number of hydrogen-bond donors (Lipinski definition) is 7. The molecule has 4 atom stereocenters. The van der Waals surface area contributed by atoms with Crippen LogP contribution in [0.15, 0.2) is 23.0 Å². The molecule has 0 spiro atoms. The van der Waals surface area contributed by atoms with Crippen LogP contribution >= 0.6 is 0 Å². The number of likely N-dealkylation sites (N-methyl/N-ethyl adjacent to an activating group) is 1. The van der Waals surface area contributed by atoms with Crippen LogP contribution in [0.4, 0.5) is 11.4 Å². The summed E-state index contributed by atoms with van der Waals surface area (Å²) in [7, 11) is 6.60. The summed E-state index contributed by atoms with van der Waals surface area (Å²) < 4.78 is 0. The number of aliphatic hydroxyl groups is 3. The first-order chi connectivity index (χ1) is 19.2. The topological polar surface area (TPSA) is 206 Å². The average molecular weight is 570 g/mol. The summed E-state index contributed by atoms with van der Waals surface area (Å²) in [6, 6.07) is 0.717. The molecule has 0 radical (unpaired) electrons. The predicted molar refractivity (Wildman–Crippen MR) is 148 cm³/mol. The predicted octanol–water partition coefficient (Wildman–Crippen LogP) is -0.279. The average Bonchev–Trinajstić information content (AvgIpc) is 3.70. The van der Waals surface area contributed by atoms with Crippen molar-refractivity contribution in [1.82, 2.24) is 10.2 Å². The molecule has 4 aliphatic carbocycles. The number of phenols is 1. The standard InChI is InChI=1S/C28H35N5O8/c1-32(2)16-9-15(31-17(34)10-30-12-5-6-12)22(35)19-13(16)7-11-8-14-21(33(3)4)24(37)20(27(29)40)26(39)28(14,41)25(38)18(11)23(19)36/h9,11-12,14,21,30,35-36,39,41H,5-8,10H2,1-4H3,(H2,29,40)(H,31,34)/t11-,14-,21-,28-/m0/s1. The third-order valence-electron chi connectivity index (χ3n) is 8.58. The summed E-state index contributed by atoms with van der Waals surface area (Å²) in [5, 5.41) is 51.2. The second-order valence-electron chi connectivity index (χ2n) is 11.7. The number of nitrogens with two attached hydrogens (primary N) is 1. The van der Waals surface area contributed by atoms with Gasteiger partial charge in [0.2, 0.25) is 11.7 Å². The number of nitrogens with zero attached hydrogens (tertiary/aromatic N) is 2. The van der Waals surface area contributed by atoms with Gasteiger partial charge in [-0.25, -0.2) is 0 Å². The number of hydrogen-bond acceptors (Lipinski definition) is 11. The summed E-state index contributed by atoms with van der Waals surface area (Å²) in [4.78, 5) is 55.2. The van der Waals surface area contributed by atoms with Gasteiger partial charge in [0.05, 0.1) is 23.8 Å². The number of ketones is 2. The zero-order chi connectivity index (χ0) is 30.1. The Morgan fingerprint density at radius 1 is 1.12 bits per heavy atom. The Hall–Kier alpha value is -3.94. The second-order valence-corrected chi connectivity index (χ2v) is 11.7. The molecule has 0 unspecified atom stereocenters. The van der Waals surface area contributed by atoms with Crippen LogP contribution in [-0.4, -0.2) is 101 Å². The number of aliphatic hydroxyl groups excluding tert-OH is 2. The SMILES string of the molecule is CN(C)c1cc(NC(=O)CNC2CC2)c(O)c2c1C[C@H]1C[C@H]3[C@H](N(C)C)C(=O)C(C(N)=O)=C(O)[C@@]3(O)C(=O)C1=C2O. The van der Waals surface area contributed by atoms with Crippen molar-refractivity contribution in [2.24, 2.45) is 17.6 Å². The zero-order valence-corrected chi connectivity index (χ0v) is 23.3. The molecule has 2 amide bonds. The molecule has 0 bridgehead atoms. The van der Waals surface area contributed by atoms with E-state index in [4.69, 9.17) is 5.73 Å². The van der Waals surface area contributed by atoms with Gasteiger partial charge in [0.1, 0.15) is 22.8 Å². The molecule has 0 aliphatic heterocycles. The highest BCUT2D eigenvalue weighted by Gasteiger charge is 2.64. The van der Waals surface area contributed by atoms with Crippen molar-refractivity contribution in [2.75, 3.05) is 45.0 Å². The highest BCUT2D eigenvalue weighted by atomic mass is 16.3. The zero-order valence-electron chi connectivity index (χ0n) is 23.3. The number of aromatic hydroxyl groups is 1. The molecule has 4 aliphatic rings. The Balaban J connectivity index is 1.65. The highest BCUT2D eigenvalue weighted by Crippen LogP contribution is 2.54. The monoisotopic (exact) mass is 569 g/mol. The number of anilines is 2. The third kappa shape index (κ3) is 4.35. The van der Waals surface area contributed by atoms with E-state index in [1.54, 1.807) is 39.2 Å². The summed E-state index contributed by atoms with van der Waals surface area (Å²) >= 11 is 0. The van der Waals surface area contributed by atoms with Crippen LogP contribution in [-0.2, 0) is 25.6 Å². The van der Waals surface area contributed by atoms with E-state index >= 15 is 0 Å². The van der Waals surface area contributed by atoms with Crippen LogP contribution in [0.25, 0.3) is 5.76 Å². The van der Waals surface area contributed by atoms with E-state index in [1.165, 1.54) is 4.90 Å². The van der Waals surface area contributed by atoms with Gasteiger partial charge in [0.25, 0.3) is 5.91 Å². The number of primary amides is 1. The van der Waals surface area contributed by atoms with Gasteiger partial charge in [-0.05, 0) is 57.3 Å². The molecule has 2 saturated carbocycles. The number of nitrogens with one attached hydrogen (secondary N) is 2. The van der Waals surface area contributed by atoms with E-state index in [-0.39, 0.29) is 42.3 Å². The molecule has 5 rings (SSSR count). The molecule has 1 aromatic carbocycles. The number of amides is 2. The molecule has 0 saturated heterocycles. The number of carbonyl (C=O) groups is 4. The van der Waals surface area contributed by atoms with Gasteiger partial charge in [-0.2, -0.15) is 0 Å². The molecule has 2 fully saturated rings. The van der Waals surface area contributed by atoms with E-state index in [1.807, 2.05) is 0 Å². The van der Waals surface area contributed by atoms with Crippen molar-refractivity contribution in [3.63, 3.8) is 0 Å². The minimum atomic E-state index is -2.72. The normalized spacial score (nSPS) is 27.4. The molecule has 1 aromatic rings. The molecular formula is C28H35N5O8. The number of phenolic OH excluding ortho intramolecular Hbond substituents is 1. The van der Waals surface area contributed by atoms with Crippen molar-refractivity contribution in [3.8, 4) is 5.75 Å². The van der Waals surface area contributed by atoms with Gasteiger partial charge in [-0.1, -0.05) is 0 Å². The Labute approximate surface area is 236 Å². The maximum Gasteiger partial charge on any atom is 0.255 e. The quantitative estimate of drug-likeness (QED) is 0.168. The lowest BCUT2D eigenvalue weighted by molar-refractivity contribution is -0.153. The molecule has 8 N–H and O–H groups in total. The summed E-state index contributed by atoms with van der Waals surface area (Å²) in [5.74, 6) is -7.67. The lowest BCUT2D eigenvalue weighted by Gasteiger charge is -2.50. The molecule has 13 nitrogen and oxygen atoms in total. The van der Waals surface area contributed by atoms with Gasteiger partial charge < -0.3 is 41.7 Å². The van der Waals surface area contributed by atoms with E-state index in [0.717, 1.165) is 12.8 Å². The number of fused-ring (bicyclic) bond motifs is 3. The maximum atomic E-state index is 14.0. The number of benzene rings is 1. The Morgan fingerprint density at radius 2 is 1.78 bits per heavy atom. The first kappa shape index (κ1) is 28.6. The largest absolute Gasteiger partial charge is 0.508 e. The number of Topliss-reactive ketones (excluding diaryl/α,β-unsaturated/α-hetero) is 2. The van der Waals surface area contributed by atoms with Crippen LogP contribution in [0, 0.1) is 11.8 Å². The maximum absolute atomic E-state index is 14.0. The summed E-state index contributed by atoms with van der Waals surface area (Å²) in [6.45, 7) is 0.0279. The fourth-order valence-corrected chi connectivity index (χ4v) is 6.51. The number of carbonyl (C=O) groups excluding carboxylic acids is 4. The lowest BCUT2D eigenvalue weighted by Crippen LogP contribution is -2.65. The Morgan fingerprint density at radius 3 is 2.34 bits per heavy atom. The van der Waals surface area contributed by atoms with Crippen molar-refractivity contribution in [2.45, 2.75) is 43.4 Å². The Bertz CT molecular complexity index is 1440. The summed E-state index contributed by atoms with van der Waals surface area (Å²) in [6.07, 6.45) is 2.11. The van der Waals surface area contributed by atoms with Gasteiger partial charge in [0, 0.05) is 37.3 Å². The van der Waals surface area contributed by atoms with Crippen LogP contribution in [0.2, 0.25) is 0 Å². The lowest BCUT2D eigenvalue weighted by atomic mass is 9.57. The first-order valence-corrected chi connectivity index (χ1v) is 13.4. The van der Waals surface area contributed by atoms with Crippen molar-refractivity contribution in [1.29, 1.82) is 0 Å². The number of rotatable bonds is 7. The minimum absolute atomic E-state index is 0.00921. The molecule has 0 heterocycles. The van der Waals surface area contributed by atoms with Crippen molar-refractivity contribution < 1.29 is 39.6 Å². The smallest absolute Gasteiger partial charge is 0.255 e. The fraction of sp³-hybridized carbons (Fsp3) is 0.500. The second kappa shape index (κ2) is 9.86. The molecule has 41 heavy (non-hydrogen) atoms. The minimum Gasteiger partial charge on any atom is -0.508 e. The van der Waals surface area contributed by atoms with Crippen LogP contribution in [0.5, 0.6) is 5.75 Å². The van der Waals surface area contributed by atoms with Crippen molar-refractivity contribution in [3.05, 3.63) is 34.1 Å². The van der Waals surface area contributed by atoms with E-state index < -0.39 is 69.7 Å². The molecule has 0 aromatic heterocycles. The van der Waals surface area contributed by atoms with E-state index in [0.29, 0.717) is 11.3 Å². The third-order valence-corrected chi connectivity index (χ3v) is 8.58. The molecule has 13 heteroatoms. The van der Waals surface area contributed by atoms with Crippen LogP contribution in [0.1, 0.15) is 30.4 Å². The van der Waals surface area contributed by atoms with Gasteiger partial charge in [-0.15, -0.1) is 0 Å². The van der Waals surface area contributed by atoms with Crippen molar-refractivity contribution >= 4 is 40.5 Å². The van der Waals surface area contributed by atoms with Crippen LogP contribution in [0.3, 0.4) is 0 Å².